The number of anilines is 2. The van der Waals surface area contributed by atoms with Gasteiger partial charge in [-0.15, -0.1) is 0 Å². The highest BCUT2D eigenvalue weighted by Gasteiger charge is 2.31. The minimum Gasteiger partial charge on any atom is -0.324 e. The zero-order chi connectivity index (χ0) is 23.4. The molecule has 172 valence electrons. The molecule has 7 heteroatoms. The molecule has 1 aliphatic rings. The van der Waals surface area contributed by atoms with Gasteiger partial charge >= 0.3 is 0 Å². The molecule has 4 rings (SSSR count). The van der Waals surface area contributed by atoms with Crippen LogP contribution in [-0.4, -0.2) is 27.4 Å². The van der Waals surface area contributed by atoms with E-state index in [-0.39, 0.29) is 23.7 Å². The van der Waals surface area contributed by atoms with Crippen LogP contribution in [0.2, 0.25) is 0 Å². The first-order valence-electron chi connectivity index (χ1n) is 11.7. The minimum atomic E-state index is -0.746. The molecule has 1 saturated carbocycles. The van der Waals surface area contributed by atoms with Crippen LogP contribution in [0, 0.1) is 0 Å². The highest BCUT2D eigenvalue weighted by molar-refractivity contribution is 5.95. The summed E-state index contributed by atoms with van der Waals surface area (Å²) in [6.45, 7) is 3.36. The van der Waals surface area contributed by atoms with E-state index in [0.717, 1.165) is 32.1 Å². The summed E-state index contributed by atoms with van der Waals surface area (Å²) in [5, 5.41) is 2.92. The number of nitrogens with zero attached hydrogens (tertiary/aromatic N) is 3. The summed E-state index contributed by atoms with van der Waals surface area (Å²) in [6.07, 6.45) is 5.28. The van der Waals surface area contributed by atoms with Gasteiger partial charge in [-0.2, -0.15) is 0 Å². The molecule has 0 saturated heterocycles. The van der Waals surface area contributed by atoms with E-state index >= 15 is 0 Å². The van der Waals surface area contributed by atoms with Gasteiger partial charge in [0.1, 0.15) is 6.04 Å². The number of hydrogen-bond acceptors (Lipinski definition) is 4. The molecular formula is C26H30N4O3. The summed E-state index contributed by atoms with van der Waals surface area (Å²) in [5.74, 6) is -0.366. The van der Waals surface area contributed by atoms with E-state index in [2.05, 4.69) is 10.3 Å². The van der Waals surface area contributed by atoms with Crippen LogP contribution in [0.15, 0.2) is 59.4 Å². The number of rotatable bonds is 6. The Morgan fingerprint density at radius 3 is 2.39 bits per heavy atom. The first-order chi connectivity index (χ1) is 16.0. The van der Waals surface area contributed by atoms with Gasteiger partial charge in [0.15, 0.2) is 0 Å². The lowest BCUT2D eigenvalue weighted by molar-refractivity contribution is -0.119. The van der Waals surface area contributed by atoms with Crippen LogP contribution >= 0.6 is 0 Å². The van der Waals surface area contributed by atoms with Crippen LogP contribution in [0.5, 0.6) is 0 Å². The maximum Gasteiger partial charge on any atom is 0.295 e. The topological polar surface area (TPSA) is 84.3 Å². The zero-order valence-electron chi connectivity index (χ0n) is 19.2. The number of nitrogens with one attached hydrogen (secondary N) is 1. The molecule has 1 aliphatic carbocycles. The minimum absolute atomic E-state index is 0.0516. The van der Waals surface area contributed by atoms with Crippen molar-refractivity contribution in [2.75, 3.05) is 10.2 Å². The molecule has 0 spiro atoms. The third-order valence-electron chi connectivity index (χ3n) is 6.33. The van der Waals surface area contributed by atoms with Gasteiger partial charge in [0, 0.05) is 18.7 Å². The molecule has 2 amide bonds. The molecule has 1 fully saturated rings. The van der Waals surface area contributed by atoms with Crippen molar-refractivity contribution in [1.82, 2.24) is 9.55 Å². The summed E-state index contributed by atoms with van der Waals surface area (Å²) in [7, 11) is 0. The van der Waals surface area contributed by atoms with Gasteiger partial charge in [0.2, 0.25) is 17.6 Å². The highest BCUT2D eigenvalue weighted by atomic mass is 16.2. The average Bonchev–Trinajstić information content (AvgIpc) is 2.83. The second kappa shape index (κ2) is 9.98. The number of carbonyl (C=O) groups excluding carboxylic acids is 2. The van der Waals surface area contributed by atoms with Crippen molar-refractivity contribution >= 4 is 34.4 Å². The van der Waals surface area contributed by atoms with E-state index < -0.39 is 11.6 Å². The summed E-state index contributed by atoms with van der Waals surface area (Å²) < 4.78 is 1.51. The summed E-state index contributed by atoms with van der Waals surface area (Å²) in [4.78, 5) is 46.1. The number of hydrogen-bond donors (Lipinski definition) is 1. The molecule has 1 N–H and O–H groups in total. The Hall–Kier alpha value is -3.48. The van der Waals surface area contributed by atoms with Gasteiger partial charge in [0.25, 0.3) is 5.56 Å². The maximum absolute atomic E-state index is 13.9. The Bertz CT molecular complexity index is 1200. The third kappa shape index (κ3) is 4.67. The van der Waals surface area contributed by atoms with Gasteiger partial charge in [0.05, 0.1) is 11.0 Å². The van der Waals surface area contributed by atoms with Gasteiger partial charge in [-0.05, 0) is 43.5 Å². The molecule has 0 radical (unpaired) electrons. The molecule has 0 aliphatic heterocycles. The highest BCUT2D eigenvalue weighted by Crippen LogP contribution is 2.27. The van der Waals surface area contributed by atoms with Crippen molar-refractivity contribution < 1.29 is 9.59 Å². The summed E-state index contributed by atoms with van der Waals surface area (Å²) in [5.41, 5.74) is 1.42. The lowest BCUT2D eigenvalue weighted by Gasteiger charge is -2.33. The first kappa shape index (κ1) is 22.7. The molecule has 0 unspecified atom stereocenters. The third-order valence-corrected chi connectivity index (χ3v) is 6.33. The SMILES string of the molecule is CC[C@@H](C(=O)Nc1ccccc1)n1c(=O)c(N(C(C)=O)C2CCCCC2)nc2ccccc21. The average molecular weight is 447 g/mol. The van der Waals surface area contributed by atoms with Crippen molar-refractivity contribution in [3.05, 3.63) is 65.0 Å². The molecule has 3 aromatic rings. The fraction of sp³-hybridized carbons (Fsp3) is 0.385. The molecule has 2 aromatic carbocycles. The predicted molar refractivity (Wildman–Crippen MR) is 130 cm³/mol. The van der Waals surface area contributed by atoms with E-state index in [1.165, 1.54) is 11.5 Å². The zero-order valence-corrected chi connectivity index (χ0v) is 19.2. The smallest absolute Gasteiger partial charge is 0.295 e. The van der Waals surface area contributed by atoms with Crippen LogP contribution in [0.3, 0.4) is 0 Å². The molecule has 33 heavy (non-hydrogen) atoms. The Kier molecular flexibility index (Phi) is 6.87. The van der Waals surface area contributed by atoms with E-state index in [0.29, 0.717) is 23.1 Å². The molecule has 7 nitrogen and oxygen atoms in total. The number of aromatic nitrogens is 2. The number of fused-ring (bicyclic) bond motifs is 1. The van der Waals surface area contributed by atoms with Crippen molar-refractivity contribution in [2.45, 2.75) is 64.5 Å². The van der Waals surface area contributed by atoms with Crippen molar-refractivity contribution in [3.63, 3.8) is 0 Å². The second-order valence-electron chi connectivity index (χ2n) is 8.56. The van der Waals surface area contributed by atoms with Gasteiger partial charge in [-0.25, -0.2) is 4.98 Å². The van der Waals surface area contributed by atoms with Crippen LogP contribution in [0.4, 0.5) is 11.5 Å². The lowest BCUT2D eigenvalue weighted by atomic mass is 9.94. The fourth-order valence-corrected chi connectivity index (χ4v) is 4.76. The van der Waals surface area contributed by atoms with Crippen molar-refractivity contribution in [2.24, 2.45) is 0 Å². The normalized spacial score (nSPS) is 15.2. The summed E-state index contributed by atoms with van der Waals surface area (Å²) >= 11 is 0. The van der Waals surface area contributed by atoms with E-state index in [1.807, 2.05) is 55.5 Å². The fourth-order valence-electron chi connectivity index (χ4n) is 4.76. The first-order valence-corrected chi connectivity index (χ1v) is 11.7. The van der Waals surface area contributed by atoms with Crippen LogP contribution in [0.1, 0.15) is 58.4 Å². The second-order valence-corrected chi connectivity index (χ2v) is 8.56. The molecule has 0 bridgehead atoms. The standard InChI is InChI=1S/C26H30N4O3/c1-3-22(25(32)27-19-12-6-4-7-13-19)30-23-17-11-10-16-21(23)28-24(26(30)33)29(18(2)31)20-14-8-5-9-15-20/h4,6-7,10-13,16-17,20,22H,3,5,8-9,14-15H2,1-2H3,(H,27,32)/t22-/m0/s1. The van der Waals surface area contributed by atoms with Crippen molar-refractivity contribution in [3.8, 4) is 0 Å². The number of benzene rings is 2. The Morgan fingerprint density at radius 2 is 1.73 bits per heavy atom. The molecule has 1 heterocycles. The number of para-hydroxylation sites is 3. The molecule has 1 aromatic heterocycles. The lowest BCUT2D eigenvalue weighted by Crippen LogP contribution is -2.46. The monoisotopic (exact) mass is 446 g/mol. The Morgan fingerprint density at radius 1 is 1.06 bits per heavy atom. The van der Waals surface area contributed by atoms with Crippen molar-refractivity contribution in [1.29, 1.82) is 0 Å². The number of carbonyl (C=O) groups is 2. The maximum atomic E-state index is 13.9. The van der Waals surface area contributed by atoms with Crippen LogP contribution in [0.25, 0.3) is 11.0 Å². The Balaban J connectivity index is 1.84. The van der Waals surface area contributed by atoms with E-state index in [4.69, 9.17) is 0 Å². The van der Waals surface area contributed by atoms with E-state index in [9.17, 15) is 14.4 Å². The Labute approximate surface area is 193 Å². The predicted octanol–water partition coefficient (Wildman–Crippen LogP) is 4.67. The quantitative estimate of drug-likeness (QED) is 0.596. The van der Waals surface area contributed by atoms with Crippen LogP contribution < -0.4 is 15.8 Å². The van der Waals surface area contributed by atoms with Gasteiger partial charge in [-0.3, -0.25) is 23.9 Å². The van der Waals surface area contributed by atoms with Crippen LogP contribution in [-0.2, 0) is 9.59 Å². The van der Waals surface area contributed by atoms with Gasteiger partial charge in [-0.1, -0.05) is 56.5 Å². The summed E-state index contributed by atoms with van der Waals surface area (Å²) in [6, 6.07) is 15.7. The number of amides is 2. The van der Waals surface area contributed by atoms with Gasteiger partial charge < -0.3 is 5.32 Å². The van der Waals surface area contributed by atoms with E-state index in [1.54, 1.807) is 11.0 Å². The molecular weight excluding hydrogens is 416 g/mol. The molecule has 1 atom stereocenters. The largest absolute Gasteiger partial charge is 0.324 e.